The molecule has 1 N–H and O–H groups in total. The monoisotopic (exact) mass is 248 g/mol. The van der Waals surface area contributed by atoms with Gasteiger partial charge in [0.1, 0.15) is 11.9 Å². The summed E-state index contributed by atoms with van der Waals surface area (Å²) in [6, 6.07) is 11.7. The van der Waals surface area contributed by atoms with Crippen LogP contribution in [0.15, 0.2) is 41.8 Å². The van der Waals surface area contributed by atoms with E-state index in [9.17, 15) is 0 Å². The maximum atomic E-state index is 8.97. The Morgan fingerprint density at radius 3 is 2.53 bits per heavy atom. The molecule has 90 valence electrons. The van der Waals surface area contributed by atoms with Crippen LogP contribution >= 0.6 is 11.3 Å². The van der Waals surface area contributed by atoms with Crippen LogP contribution in [0.3, 0.4) is 0 Å². The van der Waals surface area contributed by atoms with E-state index >= 15 is 0 Å². The van der Waals surface area contributed by atoms with Crippen molar-refractivity contribution in [1.82, 2.24) is 0 Å². The number of hydrogen-bond donors (Lipinski definition) is 1. The molecule has 2 nitrogen and oxygen atoms in total. The zero-order chi connectivity index (χ0) is 12.1. The second-order valence-corrected chi connectivity index (χ2v) is 4.81. The first-order valence-electron chi connectivity index (χ1n) is 5.73. The molecule has 17 heavy (non-hydrogen) atoms. The number of thiophene rings is 1. The van der Waals surface area contributed by atoms with E-state index in [0.717, 1.165) is 17.7 Å². The average molecular weight is 248 g/mol. The third kappa shape index (κ3) is 3.08. The highest BCUT2D eigenvalue weighted by Crippen LogP contribution is 2.27. The lowest BCUT2D eigenvalue weighted by atomic mass is 10.2. The fraction of sp³-hybridized carbons (Fsp3) is 0.286. The second-order valence-electron chi connectivity index (χ2n) is 3.83. The van der Waals surface area contributed by atoms with Crippen LogP contribution in [0.5, 0.6) is 5.75 Å². The van der Waals surface area contributed by atoms with E-state index in [1.807, 2.05) is 30.3 Å². The number of benzene rings is 1. The van der Waals surface area contributed by atoms with Crippen molar-refractivity contribution < 1.29 is 9.84 Å². The zero-order valence-corrected chi connectivity index (χ0v) is 10.6. The van der Waals surface area contributed by atoms with E-state index in [2.05, 4.69) is 18.4 Å². The van der Waals surface area contributed by atoms with Gasteiger partial charge in [-0.25, -0.2) is 0 Å². The molecule has 0 amide bonds. The van der Waals surface area contributed by atoms with Crippen molar-refractivity contribution in [2.45, 2.75) is 26.1 Å². The quantitative estimate of drug-likeness (QED) is 0.872. The fourth-order valence-corrected chi connectivity index (χ4v) is 2.49. The highest BCUT2D eigenvalue weighted by Gasteiger charge is 2.11. The standard InChI is InChI=1S/C14H16O2S/c1-2-13(14-4-3-9-17-14)16-12-7-5-11(10-15)6-8-12/h3-9,13,15H,2,10H2,1H3/t13-/m0/s1. The lowest BCUT2D eigenvalue weighted by Crippen LogP contribution is -2.04. The van der Waals surface area contributed by atoms with Crippen LogP contribution in [0.1, 0.15) is 29.9 Å². The van der Waals surface area contributed by atoms with Crippen molar-refractivity contribution in [2.75, 3.05) is 0 Å². The number of aliphatic hydroxyl groups excluding tert-OH is 1. The minimum Gasteiger partial charge on any atom is -0.485 e. The average Bonchev–Trinajstić information content (AvgIpc) is 2.90. The predicted molar refractivity (Wildman–Crippen MR) is 70.3 cm³/mol. The van der Waals surface area contributed by atoms with Gasteiger partial charge in [-0.15, -0.1) is 11.3 Å². The van der Waals surface area contributed by atoms with Crippen LogP contribution in [0.4, 0.5) is 0 Å². The van der Waals surface area contributed by atoms with Crippen LogP contribution in [-0.2, 0) is 6.61 Å². The molecule has 0 spiro atoms. The van der Waals surface area contributed by atoms with E-state index in [1.165, 1.54) is 4.88 Å². The lowest BCUT2D eigenvalue weighted by Gasteiger charge is -2.16. The molecule has 0 aliphatic heterocycles. The van der Waals surface area contributed by atoms with Gasteiger partial charge in [-0.3, -0.25) is 0 Å². The Bertz CT molecular complexity index is 434. The maximum absolute atomic E-state index is 8.97. The predicted octanol–water partition coefficient (Wildman–Crippen LogP) is 3.77. The third-order valence-corrected chi connectivity index (χ3v) is 3.58. The van der Waals surface area contributed by atoms with Crippen molar-refractivity contribution in [3.63, 3.8) is 0 Å². The molecule has 3 heteroatoms. The maximum Gasteiger partial charge on any atom is 0.133 e. The van der Waals surface area contributed by atoms with Gasteiger partial charge in [0.25, 0.3) is 0 Å². The summed E-state index contributed by atoms with van der Waals surface area (Å²) in [7, 11) is 0. The van der Waals surface area contributed by atoms with Crippen LogP contribution < -0.4 is 4.74 Å². The fourth-order valence-electron chi connectivity index (χ4n) is 1.65. The van der Waals surface area contributed by atoms with Gasteiger partial charge in [-0.05, 0) is 35.6 Å². The van der Waals surface area contributed by atoms with E-state index in [1.54, 1.807) is 11.3 Å². The van der Waals surface area contributed by atoms with Crippen LogP contribution in [0.2, 0.25) is 0 Å². The summed E-state index contributed by atoms with van der Waals surface area (Å²) < 4.78 is 5.94. The lowest BCUT2D eigenvalue weighted by molar-refractivity contribution is 0.205. The topological polar surface area (TPSA) is 29.5 Å². The molecule has 1 aromatic carbocycles. The first-order valence-corrected chi connectivity index (χ1v) is 6.61. The molecule has 0 unspecified atom stereocenters. The summed E-state index contributed by atoms with van der Waals surface area (Å²) in [5, 5.41) is 11.0. The van der Waals surface area contributed by atoms with E-state index < -0.39 is 0 Å². The molecule has 0 fully saturated rings. The van der Waals surface area contributed by atoms with Gasteiger partial charge in [-0.1, -0.05) is 25.1 Å². The van der Waals surface area contributed by atoms with Crippen molar-refractivity contribution in [2.24, 2.45) is 0 Å². The minimum absolute atomic E-state index is 0.0718. The first-order chi connectivity index (χ1) is 8.33. The van der Waals surface area contributed by atoms with E-state index in [4.69, 9.17) is 9.84 Å². The van der Waals surface area contributed by atoms with Crippen molar-refractivity contribution in [3.05, 3.63) is 52.2 Å². The number of ether oxygens (including phenoxy) is 1. The largest absolute Gasteiger partial charge is 0.485 e. The van der Waals surface area contributed by atoms with Gasteiger partial charge in [0, 0.05) is 4.88 Å². The first kappa shape index (κ1) is 12.1. The molecule has 0 saturated carbocycles. The summed E-state index contributed by atoms with van der Waals surface area (Å²) in [5.74, 6) is 0.849. The van der Waals surface area contributed by atoms with Gasteiger partial charge < -0.3 is 9.84 Å². The van der Waals surface area contributed by atoms with Crippen LogP contribution in [0, 0.1) is 0 Å². The molecular weight excluding hydrogens is 232 g/mol. The van der Waals surface area contributed by atoms with Crippen molar-refractivity contribution in [3.8, 4) is 5.75 Å². The molecule has 1 aromatic heterocycles. The highest BCUT2D eigenvalue weighted by atomic mass is 32.1. The molecular formula is C14H16O2S. The van der Waals surface area contributed by atoms with Gasteiger partial charge in [0.15, 0.2) is 0 Å². The molecule has 0 saturated heterocycles. The summed E-state index contributed by atoms with van der Waals surface area (Å²) in [6.45, 7) is 2.19. The Labute approximate surface area is 105 Å². The molecule has 0 aliphatic rings. The molecule has 1 heterocycles. The van der Waals surface area contributed by atoms with Crippen LogP contribution in [0.25, 0.3) is 0 Å². The van der Waals surface area contributed by atoms with Crippen molar-refractivity contribution in [1.29, 1.82) is 0 Å². The summed E-state index contributed by atoms with van der Waals surface area (Å²) >= 11 is 1.72. The SMILES string of the molecule is CC[C@H](Oc1ccc(CO)cc1)c1cccs1. The smallest absolute Gasteiger partial charge is 0.133 e. The second kappa shape index (κ2) is 5.84. The minimum atomic E-state index is 0.0718. The Hall–Kier alpha value is -1.32. The number of hydrogen-bond acceptors (Lipinski definition) is 3. The molecule has 0 bridgehead atoms. The summed E-state index contributed by atoms with van der Waals surface area (Å²) in [5.41, 5.74) is 0.904. The molecule has 2 rings (SSSR count). The van der Waals surface area contributed by atoms with Crippen molar-refractivity contribution >= 4 is 11.3 Å². The Kier molecular flexibility index (Phi) is 4.18. The normalized spacial score (nSPS) is 12.4. The van der Waals surface area contributed by atoms with Gasteiger partial charge in [-0.2, -0.15) is 0 Å². The van der Waals surface area contributed by atoms with Crippen LogP contribution in [-0.4, -0.2) is 5.11 Å². The number of aliphatic hydroxyl groups is 1. The molecule has 1 atom stereocenters. The van der Waals surface area contributed by atoms with Gasteiger partial charge in [0.05, 0.1) is 6.61 Å². The summed E-state index contributed by atoms with van der Waals surface area (Å²) in [6.07, 6.45) is 1.07. The Balaban J connectivity index is 2.07. The third-order valence-electron chi connectivity index (χ3n) is 2.62. The Morgan fingerprint density at radius 1 is 1.24 bits per heavy atom. The zero-order valence-electron chi connectivity index (χ0n) is 9.80. The summed E-state index contributed by atoms with van der Waals surface area (Å²) in [4.78, 5) is 1.25. The molecule has 2 aromatic rings. The number of rotatable bonds is 5. The van der Waals surface area contributed by atoms with E-state index in [-0.39, 0.29) is 12.7 Å². The molecule has 0 aliphatic carbocycles. The molecule has 0 radical (unpaired) electrons. The van der Waals surface area contributed by atoms with E-state index in [0.29, 0.717) is 0 Å². The highest BCUT2D eigenvalue weighted by molar-refractivity contribution is 7.10. The Morgan fingerprint density at radius 2 is 2.00 bits per heavy atom. The van der Waals surface area contributed by atoms with Gasteiger partial charge >= 0.3 is 0 Å². The van der Waals surface area contributed by atoms with Gasteiger partial charge in [0.2, 0.25) is 0 Å².